The predicted molar refractivity (Wildman–Crippen MR) is 169 cm³/mol. The van der Waals surface area contributed by atoms with Gasteiger partial charge in [0.2, 0.25) is 11.7 Å². The van der Waals surface area contributed by atoms with Gasteiger partial charge in [0, 0.05) is 31.2 Å². The minimum absolute atomic E-state index is 0.0279. The van der Waals surface area contributed by atoms with E-state index < -0.39 is 45.2 Å². The van der Waals surface area contributed by atoms with Crippen LogP contribution in [0.4, 0.5) is 4.79 Å². The minimum atomic E-state index is -4.15. The largest absolute Gasteiger partial charge is 0.434 e. The van der Waals surface area contributed by atoms with Crippen molar-refractivity contribution in [3.05, 3.63) is 101 Å². The molecule has 3 amide bonds. The van der Waals surface area contributed by atoms with Crippen LogP contribution in [0.1, 0.15) is 34.2 Å². The van der Waals surface area contributed by atoms with Gasteiger partial charge >= 0.3 is 6.03 Å². The molecule has 5 rings (SSSR count). The Labute approximate surface area is 265 Å². The van der Waals surface area contributed by atoms with Gasteiger partial charge in [0.1, 0.15) is 5.52 Å². The van der Waals surface area contributed by atoms with Gasteiger partial charge in [-0.05, 0) is 35.7 Å². The third kappa shape index (κ3) is 8.07. The Kier molecular flexibility index (Phi) is 10.5. The molecule has 0 bridgehead atoms. The van der Waals surface area contributed by atoms with Crippen molar-refractivity contribution in [3.63, 3.8) is 0 Å². The van der Waals surface area contributed by atoms with Crippen molar-refractivity contribution < 1.29 is 32.0 Å². The van der Waals surface area contributed by atoms with E-state index >= 15 is 0 Å². The zero-order valence-electron chi connectivity index (χ0n) is 24.4. The number of aromatic nitrogens is 1. The van der Waals surface area contributed by atoms with Gasteiger partial charge in [-0.15, -0.1) is 0 Å². The first-order valence-electron chi connectivity index (χ1n) is 14.5. The fourth-order valence-electron chi connectivity index (χ4n) is 5.09. The molecule has 2 heterocycles. The highest BCUT2D eigenvalue weighted by molar-refractivity contribution is 7.92. The summed E-state index contributed by atoms with van der Waals surface area (Å²) in [4.78, 5) is 45.7. The molecule has 0 spiro atoms. The van der Waals surface area contributed by atoms with Crippen molar-refractivity contribution in [2.75, 3.05) is 39.4 Å². The van der Waals surface area contributed by atoms with Crippen LogP contribution in [-0.4, -0.2) is 80.7 Å². The molecule has 11 nitrogen and oxygen atoms in total. The number of hydrogen-bond acceptors (Lipinski definition) is 8. The Hall–Kier alpha value is -4.26. The smallest absolute Gasteiger partial charge is 0.317 e. The van der Waals surface area contributed by atoms with Crippen molar-refractivity contribution in [1.82, 2.24) is 20.5 Å². The van der Waals surface area contributed by atoms with Gasteiger partial charge in [0.15, 0.2) is 20.7 Å². The van der Waals surface area contributed by atoms with Crippen molar-refractivity contribution in [3.8, 4) is 0 Å². The number of oxazole rings is 1. The number of morpholine rings is 1. The lowest BCUT2D eigenvalue weighted by Crippen LogP contribution is -2.52. The first kappa shape index (κ1) is 32.1. The lowest BCUT2D eigenvalue weighted by molar-refractivity contribution is -0.120. The van der Waals surface area contributed by atoms with Crippen molar-refractivity contribution in [2.45, 2.75) is 23.3 Å². The number of fused-ring (bicyclic) bond motifs is 1. The highest BCUT2D eigenvalue weighted by Crippen LogP contribution is 2.26. The molecule has 1 aromatic heterocycles. The van der Waals surface area contributed by atoms with Gasteiger partial charge < -0.3 is 24.7 Å². The average Bonchev–Trinajstić information content (AvgIpc) is 3.49. The van der Waals surface area contributed by atoms with Crippen LogP contribution in [0.15, 0.2) is 83.3 Å². The van der Waals surface area contributed by atoms with Crippen LogP contribution in [0.5, 0.6) is 0 Å². The SMILES string of the molecule is O=C(c1nc2ccccc2o1)C(CCNC(=O)[C@@H](CNC(=O)N1CCOCC1)S(=O)(=O)Cc1ccccc1Cl)c1ccccc1. The second-order valence-corrected chi connectivity index (χ2v) is 13.2. The Morgan fingerprint density at radius 3 is 2.33 bits per heavy atom. The highest BCUT2D eigenvalue weighted by Gasteiger charge is 2.35. The number of amides is 3. The number of hydrogen-bond donors (Lipinski definition) is 2. The topological polar surface area (TPSA) is 148 Å². The summed E-state index contributed by atoms with van der Waals surface area (Å²) in [6.45, 7) is 0.965. The summed E-state index contributed by atoms with van der Waals surface area (Å²) in [5, 5.41) is 3.93. The number of carbonyl (C=O) groups excluding carboxylic acids is 3. The van der Waals surface area contributed by atoms with Crippen molar-refractivity contribution in [1.29, 1.82) is 0 Å². The third-order valence-corrected chi connectivity index (χ3v) is 9.86. The Balaban J connectivity index is 1.31. The number of rotatable bonds is 12. The Morgan fingerprint density at radius 2 is 1.60 bits per heavy atom. The number of para-hydroxylation sites is 2. The van der Waals surface area contributed by atoms with Crippen molar-refractivity contribution in [2.24, 2.45) is 0 Å². The number of halogens is 1. The van der Waals surface area contributed by atoms with E-state index in [-0.39, 0.29) is 29.7 Å². The van der Waals surface area contributed by atoms with Gasteiger partial charge in [-0.1, -0.05) is 72.3 Å². The maximum absolute atomic E-state index is 13.6. The summed E-state index contributed by atoms with van der Waals surface area (Å²) in [6.07, 6.45) is 0.144. The lowest BCUT2D eigenvalue weighted by Gasteiger charge is -2.28. The number of nitrogens with zero attached hydrogens (tertiary/aromatic N) is 2. The fourth-order valence-corrected chi connectivity index (χ4v) is 7.00. The summed E-state index contributed by atoms with van der Waals surface area (Å²) in [5.41, 5.74) is 2.06. The zero-order chi connectivity index (χ0) is 31.8. The van der Waals surface area contributed by atoms with Crippen LogP contribution in [0.3, 0.4) is 0 Å². The molecule has 4 aromatic rings. The molecule has 0 aliphatic carbocycles. The number of sulfone groups is 1. The lowest BCUT2D eigenvalue weighted by atomic mass is 9.91. The standard InChI is InChI=1S/C32H33ClN4O7S/c33-25-11-5-4-10-23(25)21-45(41,42)28(20-35-32(40)37-16-18-43-19-17-37)30(39)34-15-14-24(22-8-2-1-3-9-22)29(38)31-36-26-12-6-7-13-27(26)44-31/h1-13,24,28H,14-21H2,(H,34,39)(H,35,40)/t24?,28-/m1/s1. The van der Waals surface area contributed by atoms with Gasteiger partial charge in [-0.2, -0.15) is 0 Å². The van der Waals surface area contributed by atoms with E-state index in [1.807, 2.05) is 6.07 Å². The number of ketones is 1. The predicted octanol–water partition coefficient (Wildman–Crippen LogP) is 3.98. The van der Waals surface area contributed by atoms with E-state index in [9.17, 15) is 22.8 Å². The first-order valence-corrected chi connectivity index (χ1v) is 16.6. The van der Waals surface area contributed by atoms with E-state index in [2.05, 4.69) is 15.6 Å². The minimum Gasteiger partial charge on any atom is -0.434 e. The molecule has 13 heteroatoms. The molecule has 0 saturated carbocycles. The normalized spacial score (nSPS) is 14.9. The van der Waals surface area contributed by atoms with E-state index in [0.717, 1.165) is 0 Å². The van der Waals surface area contributed by atoms with Gasteiger partial charge in [-0.3, -0.25) is 9.59 Å². The highest BCUT2D eigenvalue weighted by atomic mass is 35.5. The summed E-state index contributed by atoms with van der Waals surface area (Å²) < 4.78 is 38.2. The Morgan fingerprint density at radius 1 is 0.911 bits per heavy atom. The fraction of sp³-hybridized carbons (Fsp3) is 0.312. The second kappa shape index (κ2) is 14.7. The molecule has 2 N–H and O–H groups in total. The van der Waals surface area contributed by atoms with E-state index in [1.54, 1.807) is 72.8 Å². The average molecular weight is 653 g/mol. The van der Waals surface area contributed by atoms with E-state index in [4.69, 9.17) is 20.8 Å². The summed E-state index contributed by atoms with van der Waals surface area (Å²) in [7, 11) is -4.15. The van der Waals surface area contributed by atoms with Crippen LogP contribution in [0.25, 0.3) is 11.1 Å². The number of benzene rings is 3. The maximum Gasteiger partial charge on any atom is 0.317 e. The number of ether oxygens (including phenoxy) is 1. The molecule has 45 heavy (non-hydrogen) atoms. The quantitative estimate of drug-likeness (QED) is 0.219. The monoisotopic (exact) mass is 652 g/mol. The van der Waals surface area contributed by atoms with Gasteiger partial charge in [0.25, 0.3) is 5.89 Å². The van der Waals surface area contributed by atoms with Crippen LogP contribution >= 0.6 is 11.6 Å². The molecule has 1 unspecified atom stereocenters. The Bertz CT molecular complexity index is 1720. The summed E-state index contributed by atoms with van der Waals surface area (Å²) in [6, 6.07) is 22.0. The van der Waals surface area contributed by atoms with Crippen molar-refractivity contribution >= 4 is 50.3 Å². The first-order chi connectivity index (χ1) is 21.7. The zero-order valence-corrected chi connectivity index (χ0v) is 25.9. The molecule has 236 valence electrons. The second-order valence-electron chi connectivity index (χ2n) is 10.6. The molecule has 0 radical (unpaired) electrons. The molecule has 3 aromatic carbocycles. The maximum atomic E-state index is 13.6. The molecular weight excluding hydrogens is 620 g/mol. The van der Waals surface area contributed by atoms with Gasteiger partial charge in [-0.25, -0.2) is 18.2 Å². The molecule has 1 fully saturated rings. The van der Waals surface area contributed by atoms with E-state index in [1.165, 1.54) is 4.90 Å². The molecule has 2 atom stereocenters. The van der Waals surface area contributed by atoms with Gasteiger partial charge in [0.05, 0.1) is 24.9 Å². The van der Waals surface area contributed by atoms with Crippen LogP contribution in [0.2, 0.25) is 5.02 Å². The number of Topliss-reactive ketones (excluding diaryl/α,β-unsaturated/α-hetero) is 1. The number of carbonyl (C=O) groups is 3. The third-order valence-electron chi connectivity index (χ3n) is 7.53. The number of urea groups is 1. The molecule has 1 saturated heterocycles. The van der Waals surface area contributed by atoms with E-state index in [0.29, 0.717) is 48.5 Å². The molecule has 1 aliphatic rings. The number of nitrogens with one attached hydrogen (secondary N) is 2. The van der Waals surface area contributed by atoms with Crippen LogP contribution in [-0.2, 0) is 25.1 Å². The molecule has 1 aliphatic heterocycles. The van der Waals surface area contributed by atoms with Crippen LogP contribution in [0, 0.1) is 0 Å². The molecular formula is C32H33ClN4O7S. The van der Waals surface area contributed by atoms with Crippen LogP contribution < -0.4 is 10.6 Å². The summed E-state index contributed by atoms with van der Waals surface area (Å²) >= 11 is 6.23. The summed E-state index contributed by atoms with van der Waals surface area (Å²) in [5.74, 6) is -2.44.